The smallest absolute Gasteiger partial charge is 0.231 e. The van der Waals surface area contributed by atoms with Crippen LogP contribution in [0.4, 0.5) is 0 Å². The fourth-order valence-corrected chi connectivity index (χ4v) is 6.31. The fraction of sp³-hybridized carbons (Fsp3) is 0.455. The Morgan fingerprint density at radius 3 is 2.68 bits per heavy atom. The Morgan fingerprint density at radius 1 is 1.18 bits per heavy atom. The van der Waals surface area contributed by atoms with Gasteiger partial charge in [0.1, 0.15) is 11.6 Å². The van der Waals surface area contributed by atoms with E-state index in [0.29, 0.717) is 5.75 Å². The zero-order valence-corrected chi connectivity index (χ0v) is 16.2. The van der Waals surface area contributed by atoms with Gasteiger partial charge in [-0.15, -0.1) is 0 Å². The van der Waals surface area contributed by atoms with E-state index in [9.17, 15) is 5.11 Å². The minimum absolute atomic E-state index is 0.252. The summed E-state index contributed by atoms with van der Waals surface area (Å²) in [5, 5.41) is 11.6. The summed E-state index contributed by atoms with van der Waals surface area (Å²) >= 11 is 0. The molecule has 1 fully saturated rings. The first-order valence-corrected chi connectivity index (χ1v) is 9.79. The molecule has 4 aliphatic rings. The molecule has 0 radical (unpaired) electrons. The van der Waals surface area contributed by atoms with Crippen molar-refractivity contribution >= 4 is 0 Å². The largest absolute Gasteiger partial charge is 0.493 e. The fourth-order valence-electron chi connectivity index (χ4n) is 6.31. The Labute approximate surface area is 163 Å². The number of benzene rings is 2. The summed E-state index contributed by atoms with van der Waals surface area (Å²) in [5.74, 6) is 3.00. The molecule has 2 aromatic rings. The van der Waals surface area contributed by atoms with Crippen molar-refractivity contribution in [2.45, 2.75) is 36.9 Å². The Hall–Kier alpha value is -2.44. The molecule has 28 heavy (non-hydrogen) atoms. The van der Waals surface area contributed by atoms with Crippen LogP contribution < -0.4 is 18.9 Å². The van der Waals surface area contributed by atoms with E-state index in [0.717, 1.165) is 53.3 Å². The van der Waals surface area contributed by atoms with Gasteiger partial charge < -0.3 is 24.1 Å². The van der Waals surface area contributed by atoms with E-state index < -0.39 is 11.6 Å². The normalized spacial score (nSPS) is 32.9. The Balaban J connectivity index is 1.64. The third-order valence-electron chi connectivity index (χ3n) is 7.27. The van der Waals surface area contributed by atoms with Gasteiger partial charge in [-0.1, -0.05) is 13.0 Å². The molecule has 6 nitrogen and oxygen atoms in total. The van der Waals surface area contributed by atoms with E-state index in [1.165, 1.54) is 5.56 Å². The molecular formula is C22H23NO5. The highest BCUT2D eigenvalue weighted by Crippen LogP contribution is 2.80. The number of ether oxygens (including phenoxy) is 4. The van der Waals surface area contributed by atoms with Crippen LogP contribution in [-0.4, -0.2) is 37.6 Å². The topological polar surface area (TPSA) is 60.2 Å². The molecule has 0 amide bonds. The van der Waals surface area contributed by atoms with E-state index in [1.807, 2.05) is 12.1 Å². The molecule has 6 heteroatoms. The maximum absolute atomic E-state index is 11.6. The van der Waals surface area contributed by atoms with E-state index in [-0.39, 0.29) is 12.3 Å². The average Bonchev–Trinajstić information content (AvgIpc) is 2.96. The second-order valence-electron chi connectivity index (χ2n) is 7.91. The molecule has 0 saturated carbocycles. The third kappa shape index (κ3) is 1.49. The molecule has 1 N–H and O–H groups in total. The highest BCUT2D eigenvalue weighted by molar-refractivity contribution is 5.70. The van der Waals surface area contributed by atoms with Crippen LogP contribution in [0.1, 0.15) is 41.7 Å². The standard InChI is InChI=1S/C22H23NO5/c1-4-21-18-13(5-6-15(25-2)19(18)26-3)20(24)22(21)14-10-17-16(27-11-28-17)9-12(14)7-8-23(21)22/h5-6,9-10,20,24H,4,7-8,11H2,1-3H3/t20-,21-,22+,23?/m1/s1. The van der Waals surface area contributed by atoms with Gasteiger partial charge in [0.2, 0.25) is 6.79 Å². The number of methoxy groups -OCH3 is 2. The van der Waals surface area contributed by atoms with Gasteiger partial charge >= 0.3 is 0 Å². The van der Waals surface area contributed by atoms with E-state index in [2.05, 4.69) is 24.0 Å². The molecule has 1 unspecified atom stereocenters. The first-order valence-electron chi connectivity index (χ1n) is 9.79. The summed E-state index contributed by atoms with van der Waals surface area (Å²) in [6, 6.07) is 8.05. The van der Waals surface area contributed by atoms with Crippen molar-refractivity contribution in [3.63, 3.8) is 0 Å². The minimum Gasteiger partial charge on any atom is -0.493 e. The Kier molecular flexibility index (Phi) is 3.02. The van der Waals surface area contributed by atoms with Crippen LogP contribution >= 0.6 is 0 Å². The van der Waals surface area contributed by atoms with Gasteiger partial charge in [0.25, 0.3) is 0 Å². The van der Waals surface area contributed by atoms with Gasteiger partial charge in [-0.25, -0.2) is 0 Å². The van der Waals surface area contributed by atoms with Crippen molar-refractivity contribution in [2.75, 3.05) is 27.6 Å². The van der Waals surface area contributed by atoms with E-state index in [4.69, 9.17) is 18.9 Å². The number of fused-ring (bicyclic) bond motifs is 5. The lowest BCUT2D eigenvalue weighted by Crippen LogP contribution is -2.30. The number of nitrogens with zero attached hydrogens (tertiary/aromatic N) is 1. The molecule has 146 valence electrons. The second-order valence-corrected chi connectivity index (χ2v) is 7.91. The molecule has 3 heterocycles. The zero-order chi connectivity index (χ0) is 19.3. The molecule has 1 saturated heterocycles. The van der Waals surface area contributed by atoms with Crippen LogP contribution in [0.5, 0.6) is 23.0 Å². The van der Waals surface area contributed by atoms with Crippen LogP contribution in [0.2, 0.25) is 0 Å². The molecule has 2 aromatic carbocycles. The maximum Gasteiger partial charge on any atom is 0.231 e. The number of aliphatic hydroxyl groups excluding tert-OH is 1. The van der Waals surface area contributed by atoms with Crippen molar-refractivity contribution in [1.82, 2.24) is 4.90 Å². The van der Waals surface area contributed by atoms with Crippen LogP contribution in [-0.2, 0) is 17.5 Å². The van der Waals surface area contributed by atoms with Crippen LogP contribution in [0.3, 0.4) is 0 Å². The van der Waals surface area contributed by atoms with Crippen LogP contribution in [0, 0.1) is 0 Å². The van der Waals surface area contributed by atoms with Crippen molar-refractivity contribution in [1.29, 1.82) is 0 Å². The van der Waals surface area contributed by atoms with Crippen LogP contribution in [0.15, 0.2) is 24.3 Å². The van der Waals surface area contributed by atoms with Crippen LogP contribution in [0.25, 0.3) is 0 Å². The summed E-state index contributed by atoms with van der Waals surface area (Å²) in [4.78, 5) is 2.44. The van der Waals surface area contributed by atoms with Crippen molar-refractivity contribution in [3.8, 4) is 23.0 Å². The van der Waals surface area contributed by atoms with E-state index >= 15 is 0 Å². The highest BCUT2D eigenvalue weighted by atomic mass is 16.7. The highest BCUT2D eigenvalue weighted by Gasteiger charge is 2.84. The molecule has 0 bridgehead atoms. The molecule has 4 atom stereocenters. The van der Waals surface area contributed by atoms with Gasteiger partial charge in [0.05, 0.1) is 19.8 Å². The number of hydrogen-bond donors (Lipinski definition) is 1. The average molecular weight is 381 g/mol. The predicted octanol–water partition coefficient (Wildman–Crippen LogP) is 2.85. The first-order chi connectivity index (χ1) is 13.6. The number of rotatable bonds is 3. The Bertz CT molecular complexity index is 1020. The minimum atomic E-state index is -0.637. The van der Waals surface area contributed by atoms with Gasteiger partial charge in [0.15, 0.2) is 23.0 Å². The van der Waals surface area contributed by atoms with E-state index in [1.54, 1.807) is 14.2 Å². The lowest BCUT2D eigenvalue weighted by atomic mass is 9.80. The summed E-state index contributed by atoms with van der Waals surface area (Å²) in [7, 11) is 3.33. The summed E-state index contributed by atoms with van der Waals surface area (Å²) < 4.78 is 22.6. The molecule has 3 aliphatic heterocycles. The molecule has 6 rings (SSSR count). The quantitative estimate of drug-likeness (QED) is 0.825. The third-order valence-corrected chi connectivity index (χ3v) is 7.27. The first kappa shape index (κ1) is 16.5. The molecule has 0 aromatic heterocycles. The zero-order valence-electron chi connectivity index (χ0n) is 16.2. The lowest BCUT2D eigenvalue weighted by Gasteiger charge is -2.30. The van der Waals surface area contributed by atoms with Crippen molar-refractivity contribution < 1.29 is 24.1 Å². The summed E-state index contributed by atoms with van der Waals surface area (Å²) in [6.45, 7) is 3.33. The second kappa shape index (κ2) is 5.13. The van der Waals surface area contributed by atoms with Gasteiger partial charge in [-0.3, -0.25) is 4.90 Å². The summed E-state index contributed by atoms with van der Waals surface area (Å²) in [5.41, 5.74) is 3.58. The van der Waals surface area contributed by atoms with Crippen molar-refractivity contribution in [3.05, 3.63) is 46.5 Å². The van der Waals surface area contributed by atoms with Gasteiger partial charge in [-0.2, -0.15) is 0 Å². The monoisotopic (exact) mass is 381 g/mol. The number of aliphatic hydroxyl groups is 1. The lowest BCUT2D eigenvalue weighted by molar-refractivity contribution is 0.101. The molecular weight excluding hydrogens is 358 g/mol. The van der Waals surface area contributed by atoms with Gasteiger partial charge in [0, 0.05) is 12.1 Å². The van der Waals surface area contributed by atoms with Crippen molar-refractivity contribution in [2.24, 2.45) is 0 Å². The molecule has 1 spiro atoms. The van der Waals surface area contributed by atoms with Gasteiger partial charge in [-0.05, 0) is 47.7 Å². The predicted molar refractivity (Wildman–Crippen MR) is 101 cm³/mol. The summed E-state index contributed by atoms with van der Waals surface area (Å²) in [6.07, 6.45) is 1.15. The molecule has 1 aliphatic carbocycles. The maximum atomic E-state index is 11.6. The SMILES string of the molecule is CC[C@@]12c3c(ccc(OC)c3OC)[C@@H](O)[C@@]13c1cc4c(cc1CCN23)OCO4. The Morgan fingerprint density at radius 2 is 1.96 bits per heavy atom. The number of hydrogen-bond acceptors (Lipinski definition) is 6.